The van der Waals surface area contributed by atoms with Crippen molar-refractivity contribution in [3.8, 4) is 0 Å². The first-order chi connectivity index (χ1) is 6.78. The van der Waals surface area contributed by atoms with Crippen molar-refractivity contribution in [3.05, 3.63) is 29.1 Å². The number of pyridine rings is 1. The highest BCUT2D eigenvalue weighted by molar-refractivity contribution is 5.27. The lowest BCUT2D eigenvalue weighted by Crippen LogP contribution is -3.00. The molecule has 1 aromatic rings. The quantitative estimate of drug-likeness (QED) is 0.662. The molecule has 0 aliphatic heterocycles. The lowest BCUT2D eigenvalue weighted by atomic mass is 10.00. The number of hydrogen-bond donors (Lipinski definition) is 0. The lowest BCUT2D eigenvalue weighted by molar-refractivity contribution is -0.701. The number of rotatable bonds is 4. The van der Waals surface area contributed by atoms with Crippen molar-refractivity contribution in [2.75, 3.05) is 0 Å². The maximum absolute atomic E-state index is 2.37. The monoisotopic (exact) mass is 271 g/mol. The molecule has 0 aliphatic carbocycles. The van der Waals surface area contributed by atoms with Crippen LogP contribution >= 0.6 is 0 Å². The van der Waals surface area contributed by atoms with Crippen LogP contribution in [0.1, 0.15) is 44.5 Å². The van der Waals surface area contributed by atoms with E-state index in [-0.39, 0.29) is 17.0 Å². The van der Waals surface area contributed by atoms with E-state index in [9.17, 15) is 0 Å². The first-order valence-corrected chi connectivity index (χ1v) is 5.81. The Hall–Kier alpha value is -0.370. The average Bonchev–Trinajstić information content (AvgIpc) is 2.26. The summed E-state index contributed by atoms with van der Waals surface area (Å²) in [6.07, 6.45) is 5.69. The molecule has 0 unspecified atom stereocenters. The normalized spacial score (nSPS) is 9.87. The summed E-state index contributed by atoms with van der Waals surface area (Å²) in [7, 11) is 0. The summed E-state index contributed by atoms with van der Waals surface area (Å²) in [4.78, 5) is 0. The molecule has 0 spiro atoms. The summed E-state index contributed by atoms with van der Waals surface area (Å²) >= 11 is 0. The Balaban J connectivity index is 0.00000196. The van der Waals surface area contributed by atoms with Crippen molar-refractivity contribution >= 4 is 0 Å². The summed E-state index contributed by atoms with van der Waals surface area (Å²) in [6, 6.07) is 2.28. The smallest absolute Gasteiger partial charge is 0.184 e. The predicted octanol–water partition coefficient (Wildman–Crippen LogP) is -0.315. The molecule has 0 radical (unpaired) electrons. The largest absolute Gasteiger partial charge is 1.00 e. The van der Waals surface area contributed by atoms with Crippen LogP contribution in [0, 0.1) is 0 Å². The summed E-state index contributed by atoms with van der Waals surface area (Å²) in [5.41, 5.74) is 4.61. The zero-order chi connectivity index (χ0) is 10.6. The number of halogens is 1. The molecule has 1 nitrogen and oxygen atoms in total. The fourth-order valence-electron chi connectivity index (χ4n) is 2.20. The van der Waals surface area contributed by atoms with E-state index in [1.165, 1.54) is 11.3 Å². The standard InChI is InChI=1S/C13H22N.BrH/c1-5-11-9-10-14(8-4)13(7-3)12(11)6-2;/h9-10H,5-8H2,1-4H3;1H/q+1;/p-1. The van der Waals surface area contributed by atoms with Gasteiger partial charge in [0.05, 0.1) is 0 Å². The fraction of sp³-hybridized carbons (Fsp3) is 0.615. The van der Waals surface area contributed by atoms with Gasteiger partial charge in [0.25, 0.3) is 0 Å². The molecule has 0 aromatic carbocycles. The van der Waals surface area contributed by atoms with Crippen LogP contribution < -0.4 is 21.5 Å². The minimum atomic E-state index is 0. The molecule has 1 heterocycles. The summed E-state index contributed by atoms with van der Waals surface area (Å²) in [5, 5.41) is 0. The van der Waals surface area contributed by atoms with Crippen LogP contribution in [-0.4, -0.2) is 0 Å². The first-order valence-electron chi connectivity index (χ1n) is 5.81. The Kier molecular flexibility index (Phi) is 6.82. The van der Waals surface area contributed by atoms with Gasteiger partial charge in [0.1, 0.15) is 6.54 Å². The third kappa shape index (κ3) is 3.04. The van der Waals surface area contributed by atoms with Crippen LogP contribution in [0.25, 0.3) is 0 Å². The molecular weight excluding hydrogens is 250 g/mol. The van der Waals surface area contributed by atoms with Gasteiger partial charge in [0, 0.05) is 18.1 Å². The molecule has 15 heavy (non-hydrogen) atoms. The molecule has 0 atom stereocenters. The van der Waals surface area contributed by atoms with Gasteiger partial charge < -0.3 is 17.0 Å². The number of aromatic nitrogens is 1. The molecule has 2 heteroatoms. The highest BCUT2D eigenvalue weighted by atomic mass is 79.9. The third-order valence-corrected chi connectivity index (χ3v) is 2.95. The fourth-order valence-corrected chi connectivity index (χ4v) is 2.20. The molecular formula is C13H22BrN. The van der Waals surface area contributed by atoms with Gasteiger partial charge in [-0.3, -0.25) is 0 Å². The van der Waals surface area contributed by atoms with Gasteiger partial charge >= 0.3 is 0 Å². The summed E-state index contributed by atoms with van der Waals surface area (Å²) in [5.74, 6) is 0. The van der Waals surface area contributed by atoms with E-state index in [2.05, 4.69) is 44.5 Å². The van der Waals surface area contributed by atoms with Gasteiger partial charge in [0.2, 0.25) is 0 Å². The highest BCUT2D eigenvalue weighted by Gasteiger charge is 2.14. The van der Waals surface area contributed by atoms with Crippen molar-refractivity contribution in [2.45, 2.75) is 53.5 Å². The van der Waals surface area contributed by atoms with Crippen LogP contribution in [0.15, 0.2) is 12.3 Å². The van der Waals surface area contributed by atoms with Crippen molar-refractivity contribution in [3.63, 3.8) is 0 Å². The summed E-state index contributed by atoms with van der Waals surface area (Å²) < 4.78 is 2.37. The number of hydrogen-bond acceptors (Lipinski definition) is 0. The zero-order valence-electron chi connectivity index (χ0n) is 10.3. The van der Waals surface area contributed by atoms with Crippen LogP contribution in [0.3, 0.4) is 0 Å². The van der Waals surface area contributed by atoms with Crippen LogP contribution in [0.4, 0.5) is 0 Å². The van der Waals surface area contributed by atoms with E-state index in [1.807, 2.05) is 0 Å². The molecule has 0 aliphatic rings. The summed E-state index contributed by atoms with van der Waals surface area (Å²) in [6.45, 7) is 10.0. The van der Waals surface area contributed by atoms with E-state index in [0.29, 0.717) is 0 Å². The van der Waals surface area contributed by atoms with Crippen molar-refractivity contribution < 1.29 is 21.5 Å². The second-order valence-electron chi connectivity index (χ2n) is 3.61. The second-order valence-corrected chi connectivity index (χ2v) is 3.61. The molecule has 0 N–H and O–H groups in total. The van der Waals surface area contributed by atoms with Gasteiger partial charge in [-0.25, -0.2) is 4.57 Å². The Labute approximate surface area is 104 Å². The first kappa shape index (κ1) is 14.6. The Bertz CT molecular complexity index is 277. The van der Waals surface area contributed by atoms with Gasteiger partial charge in [-0.2, -0.15) is 0 Å². The maximum atomic E-state index is 2.37. The molecule has 0 bridgehead atoms. The molecule has 0 fully saturated rings. The van der Waals surface area contributed by atoms with Crippen molar-refractivity contribution in [2.24, 2.45) is 0 Å². The molecule has 86 valence electrons. The highest BCUT2D eigenvalue weighted by Crippen LogP contribution is 2.13. The Morgan fingerprint density at radius 3 is 2.07 bits per heavy atom. The van der Waals surface area contributed by atoms with E-state index in [4.69, 9.17) is 0 Å². The van der Waals surface area contributed by atoms with E-state index in [1.54, 1.807) is 5.56 Å². The number of nitrogens with zero attached hydrogens (tertiary/aromatic N) is 1. The molecule has 0 saturated heterocycles. The number of aryl methyl sites for hydroxylation is 2. The molecule has 1 aromatic heterocycles. The minimum absolute atomic E-state index is 0. The van der Waals surface area contributed by atoms with Gasteiger partial charge in [-0.1, -0.05) is 20.8 Å². The van der Waals surface area contributed by atoms with Crippen LogP contribution in [-0.2, 0) is 25.8 Å². The van der Waals surface area contributed by atoms with E-state index >= 15 is 0 Å². The topological polar surface area (TPSA) is 3.88 Å². The van der Waals surface area contributed by atoms with Gasteiger partial charge in [0.15, 0.2) is 11.9 Å². The Morgan fingerprint density at radius 2 is 1.67 bits per heavy atom. The minimum Gasteiger partial charge on any atom is -1.00 e. The SMILES string of the molecule is CCc1cc[n+](CC)c(CC)c1CC.[Br-]. The van der Waals surface area contributed by atoms with Crippen molar-refractivity contribution in [1.29, 1.82) is 0 Å². The van der Waals surface area contributed by atoms with Crippen LogP contribution in [0.2, 0.25) is 0 Å². The zero-order valence-corrected chi connectivity index (χ0v) is 11.9. The second kappa shape index (κ2) is 7.00. The van der Waals surface area contributed by atoms with E-state index in [0.717, 1.165) is 25.8 Å². The predicted molar refractivity (Wildman–Crippen MR) is 60.4 cm³/mol. The average molecular weight is 272 g/mol. The van der Waals surface area contributed by atoms with Crippen LogP contribution in [0.5, 0.6) is 0 Å². The van der Waals surface area contributed by atoms with Gasteiger partial charge in [-0.05, 0) is 25.3 Å². The Morgan fingerprint density at radius 1 is 1.00 bits per heavy atom. The van der Waals surface area contributed by atoms with E-state index < -0.39 is 0 Å². The molecule has 0 saturated carbocycles. The molecule has 1 rings (SSSR count). The third-order valence-electron chi connectivity index (χ3n) is 2.95. The van der Waals surface area contributed by atoms with Crippen molar-refractivity contribution in [1.82, 2.24) is 0 Å². The lowest BCUT2D eigenvalue weighted by Gasteiger charge is -2.09. The van der Waals surface area contributed by atoms with Gasteiger partial charge in [-0.15, -0.1) is 0 Å². The molecule has 0 amide bonds. The maximum Gasteiger partial charge on any atom is 0.184 e.